The molecule has 0 spiro atoms. The van der Waals surface area contributed by atoms with Crippen molar-refractivity contribution in [1.82, 2.24) is 9.97 Å². The van der Waals surface area contributed by atoms with E-state index in [2.05, 4.69) is 14.9 Å². The minimum atomic E-state index is -1.02. The van der Waals surface area contributed by atoms with Gasteiger partial charge in [-0.25, -0.2) is 14.8 Å². The molecule has 6 heteroatoms. The van der Waals surface area contributed by atoms with Crippen LogP contribution in [0.4, 0.5) is 11.4 Å². The number of carboxylic acids is 1. The summed E-state index contributed by atoms with van der Waals surface area (Å²) in [6.07, 6.45) is 3.73. The molecule has 114 valence electrons. The second-order valence-electron chi connectivity index (χ2n) is 5.47. The first-order valence-corrected chi connectivity index (χ1v) is 7.28. The molecule has 22 heavy (non-hydrogen) atoms. The van der Waals surface area contributed by atoms with Crippen LogP contribution in [0.5, 0.6) is 0 Å². The summed E-state index contributed by atoms with van der Waals surface area (Å²) in [4.78, 5) is 21.7. The second-order valence-corrected chi connectivity index (χ2v) is 5.47. The van der Waals surface area contributed by atoms with E-state index in [0.29, 0.717) is 17.2 Å². The molecule has 0 atom stereocenters. The van der Waals surface area contributed by atoms with Crippen LogP contribution in [0, 0.1) is 6.92 Å². The molecule has 0 aliphatic carbocycles. The molecule has 2 aromatic rings. The molecule has 3 rings (SSSR count). The Hall–Kier alpha value is -2.63. The van der Waals surface area contributed by atoms with Crippen molar-refractivity contribution in [2.45, 2.75) is 19.8 Å². The van der Waals surface area contributed by atoms with Crippen molar-refractivity contribution in [1.29, 1.82) is 0 Å². The average molecular weight is 298 g/mol. The molecule has 0 bridgehead atoms. The maximum Gasteiger partial charge on any atom is 0.339 e. The standard InChI is InChI=1S/C16H18N4O2/c1-10-12(16(21)22)9-18-15(19-10)11-4-5-14(13(17)8-11)20-6-2-3-7-20/h4-5,8-9H,2-3,6-7,17H2,1H3,(H,21,22). The van der Waals surface area contributed by atoms with Gasteiger partial charge in [-0.05, 0) is 38.0 Å². The first-order valence-electron chi connectivity index (χ1n) is 7.28. The molecule has 0 unspecified atom stereocenters. The van der Waals surface area contributed by atoms with E-state index in [1.807, 2.05) is 18.2 Å². The smallest absolute Gasteiger partial charge is 0.339 e. The number of aryl methyl sites for hydroxylation is 1. The highest BCUT2D eigenvalue weighted by Crippen LogP contribution is 2.30. The number of carbonyl (C=O) groups is 1. The van der Waals surface area contributed by atoms with Crippen LogP contribution in [0.1, 0.15) is 28.9 Å². The van der Waals surface area contributed by atoms with E-state index in [-0.39, 0.29) is 5.56 Å². The number of carboxylic acid groups (broad SMARTS) is 1. The molecular formula is C16H18N4O2. The Morgan fingerprint density at radius 2 is 2.05 bits per heavy atom. The molecule has 1 aliphatic heterocycles. The van der Waals surface area contributed by atoms with E-state index >= 15 is 0 Å². The van der Waals surface area contributed by atoms with Gasteiger partial charge < -0.3 is 15.7 Å². The fraction of sp³-hybridized carbons (Fsp3) is 0.312. The van der Waals surface area contributed by atoms with Gasteiger partial charge in [0.05, 0.1) is 22.6 Å². The molecule has 1 aromatic heterocycles. The zero-order chi connectivity index (χ0) is 15.7. The number of hydrogen-bond donors (Lipinski definition) is 2. The Bertz CT molecular complexity index is 724. The van der Waals surface area contributed by atoms with Gasteiger partial charge in [-0.2, -0.15) is 0 Å². The van der Waals surface area contributed by atoms with E-state index in [4.69, 9.17) is 10.8 Å². The quantitative estimate of drug-likeness (QED) is 0.845. The first kappa shape index (κ1) is 14.3. The van der Waals surface area contributed by atoms with Crippen LogP contribution in [0.2, 0.25) is 0 Å². The van der Waals surface area contributed by atoms with Crippen molar-refractivity contribution in [2.24, 2.45) is 0 Å². The van der Waals surface area contributed by atoms with E-state index < -0.39 is 5.97 Å². The fourth-order valence-corrected chi connectivity index (χ4v) is 2.76. The van der Waals surface area contributed by atoms with Gasteiger partial charge in [-0.1, -0.05) is 0 Å². The Labute approximate surface area is 128 Å². The molecule has 3 N–H and O–H groups in total. The summed E-state index contributed by atoms with van der Waals surface area (Å²) in [5.74, 6) is -0.532. The Balaban J connectivity index is 1.93. The third-order valence-corrected chi connectivity index (χ3v) is 3.94. The van der Waals surface area contributed by atoms with E-state index in [1.54, 1.807) is 6.92 Å². The lowest BCUT2D eigenvalue weighted by atomic mass is 10.1. The van der Waals surface area contributed by atoms with Crippen LogP contribution in [-0.2, 0) is 0 Å². The SMILES string of the molecule is Cc1nc(-c2ccc(N3CCCC3)c(N)c2)ncc1C(=O)O. The zero-order valence-corrected chi connectivity index (χ0v) is 12.4. The Morgan fingerprint density at radius 1 is 1.32 bits per heavy atom. The molecule has 0 radical (unpaired) electrons. The lowest BCUT2D eigenvalue weighted by Crippen LogP contribution is -2.18. The minimum absolute atomic E-state index is 0.116. The maximum absolute atomic E-state index is 11.0. The third kappa shape index (κ3) is 2.59. The highest BCUT2D eigenvalue weighted by atomic mass is 16.4. The minimum Gasteiger partial charge on any atom is -0.478 e. The molecule has 1 aromatic carbocycles. The van der Waals surface area contributed by atoms with Gasteiger partial charge in [0.15, 0.2) is 5.82 Å². The van der Waals surface area contributed by atoms with Crippen LogP contribution < -0.4 is 10.6 Å². The summed E-state index contributed by atoms with van der Waals surface area (Å²) in [6, 6.07) is 5.77. The molecule has 1 saturated heterocycles. The van der Waals surface area contributed by atoms with Crippen molar-refractivity contribution >= 4 is 17.3 Å². The third-order valence-electron chi connectivity index (χ3n) is 3.94. The highest BCUT2D eigenvalue weighted by molar-refractivity contribution is 5.88. The van der Waals surface area contributed by atoms with Crippen LogP contribution in [-0.4, -0.2) is 34.1 Å². The summed E-state index contributed by atoms with van der Waals surface area (Å²) < 4.78 is 0. The average Bonchev–Trinajstić information content (AvgIpc) is 3.00. The summed E-state index contributed by atoms with van der Waals surface area (Å²) in [5, 5.41) is 9.02. The van der Waals surface area contributed by atoms with Crippen LogP contribution in [0.15, 0.2) is 24.4 Å². The summed E-state index contributed by atoms with van der Waals surface area (Å²) >= 11 is 0. The molecular weight excluding hydrogens is 280 g/mol. The Morgan fingerprint density at radius 3 is 2.64 bits per heavy atom. The molecule has 0 saturated carbocycles. The Kier molecular flexibility index (Phi) is 3.66. The first-order chi connectivity index (χ1) is 10.6. The van der Waals surface area contributed by atoms with Crippen molar-refractivity contribution in [2.75, 3.05) is 23.7 Å². The molecule has 0 amide bonds. The lowest BCUT2D eigenvalue weighted by molar-refractivity contribution is 0.0695. The number of rotatable bonds is 3. The largest absolute Gasteiger partial charge is 0.478 e. The van der Waals surface area contributed by atoms with Gasteiger partial charge in [0.2, 0.25) is 0 Å². The second kappa shape index (κ2) is 5.63. The molecule has 6 nitrogen and oxygen atoms in total. The number of benzene rings is 1. The summed E-state index contributed by atoms with van der Waals surface area (Å²) in [7, 11) is 0. The van der Waals surface area contributed by atoms with Gasteiger partial charge >= 0.3 is 5.97 Å². The zero-order valence-electron chi connectivity index (χ0n) is 12.4. The molecule has 1 fully saturated rings. The normalized spacial score (nSPS) is 14.3. The van der Waals surface area contributed by atoms with Crippen molar-refractivity contribution < 1.29 is 9.90 Å². The molecule has 2 heterocycles. The maximum atomic E-state index is 11.0. The number of hydrogen-bond acceptors (Lipinski definition) is 5. The highest BCUT2D eigenvalue weighted by Gasteiger charge is 2.16. The topological polar surface area (TPSA) is 92.3 Å². The van der Waals surface area contributed by atoms with E-state index in [0.717, 1.165) is 24.3 Å². The van der Waals surface area contributed by atoms with Gasteiger partial charge in [0.25, 0.3) is 0 Å². The van der Waals surface area contributed by atoms with E-state index in [1.165, 1.54) is 19.0 Å². The number of aromatic carboxylic acids is 1. The number of nitrogen functional groups attached to an aromatic ring is 1. The van der Waals surface area contributed by atoms with Gasteiger partial charge in [0, 0.05) is 24.8 Å². The van der Waals surface area contributed by atoms with Gasteiger partial charge in [-0.15, -0.1) is 0 Å². The van der Waals surface area contributed by atoms with Crippen LogP contribution in [0.3, 0.4) is 0 Å². The number of nitrogens with two attached hydrogens (primary N) is 1. The predicted octanol–water partition coefficient (Wildman–Crippen LogP) is 2.33. The molecule has 1 aliphatic rings. The monoisotopic (exact) mass is 298 g/mol. The van der Waals surface area contributed by atoms with Gasteiger partial charge in [0.1, 0.15) is 0 Å². The van der Waals surface area contributed by atoms with E-state index in [9.17, 15) is 4.79 Å². The lowest BCUT2D eigenvalue weighted by Gasteiger charge is -2.20. The van der Waals surface area contributed by atoms with Gasteiger partial charge in [-0.3, -0.25) is 0 Å². The van der Waals surface area contributed by atoms with Crippen molar-refractivity contribution in [3.8, 4) is 11.4 Å². The van der Waals surface area contributed by atoms with Crippen molar-refractivity contribution in [3.05, 3.63) is 35.7 Å². The summed E-state index contributed by atoms with van der Waals surface area (Å²) in [5.41, 5.74) is 9.25. The van der Waals surface area contributed by atoms with Crippen LogP contribution in [0.25, 0.3) is 11.4 Å². The van der Waals surface area contributed by atoms with Crippen molar-refractivity contribution in [3.63, 3.8) is 0 Å². The number of nitrogens with zero attached hydrogens (tertiary/aromatic N) is 3. The number of anilines is 2. The van der Waals surface area contributed by atoms with Crippen LogP contribution >= 0.6 is 0 Å². The number of aromatic nitrogens is 2. The fourth-order valence-electron chi connectivity index (χ4n) is 2.76. The predicted molar refractivity (Wildman–Crippen MR) is 85.0 cm³/mol. The summed E-state index contributed by atoms with van der Waals surface area (Å²) in [6.45, 7) is 3.73.